The lowest BCUT2D eigenvalue weighted by atomic mass is 10.1. The number of carboxylic acid groups (broad SMARTS) is 1. The highest BCUT2D eigenvalue weighted by molar-refractivity contribution is 7.13. The van der Waals surface area contributed by atoms with E-state index in [0.717, 1.165) is 22.0 Å². The van der Waals surface area contributed by atoms with Crippen molar-refractivity contribution in [2.75, 3.05) is 6.54 Å². The van der Waals surface area contributed by atoms with Gasteiger partial charge in [-0.1, -0.05) is 19.1 Å². The predicted octanol–water partition coefficient (Wildman–Crippen LogP) is 3.76. The van der Waals surface area contributed by atoms with Gasteiger partial charge in [0.15, 0.2) is 0 Å². The molecule has 0 saturated carbocycles. The molecule has 1 N–H and O–H groups in total. The number of amides is 1. The largest absolute Gasteiger partial charge is 0.480 e. The molecule has 0 fully saturated rings. The summed E-state index contributed by atoms with van der Waals surface area (Å²) in [6.07, 6.45) is -3.80. The monoisotopic (exact) mass is 386 g/mol. The average molecular weight is 386 g/mol. The van der Waals surface area contributed by atoms with E-state index in [1.54, 1.807) is 6.92 Å². The number of carbonyl (C=O) groups is 2. The van der Waals surface area contributed by atoms with Gasteiger partial charge in [-0.25, -0.2) is 4.98 Å². The Hall–Kier alpha value is -2.42. The van der Waals surface area contributed by atoms with E-state index in [1.807, 2.05) is 6.92 Å². The molecule has 0 unspecified atom stereocenters. The molecular weight excluding hydrogens is 369 g/mol. The highest BCUT2D eigenvalue weighted by Crippen LogP contribution is 2.29. The van der Waals surface area contributed by atoms with Crippen molar-refractivity contribution in [3.05, 3.63) is 51.0 Å². The maximum absolute atomic E-state index is 12.7. The molecule has 140 valence electrons. The van der Waals surface area contributed by atoms with Crippen LogP contribution in [0.3, 0.4) is 0 Å². The number of alkyl halides is 3. The maximum Gasteiger partial charge on any atom is 0.416 e. The van der Waals surface area contributed by atoms with Gasteiger partial charge in [0.2, 0.25) is 0 Å². The van der Waals surface area contributed by atoms with Crippen LogP contribution in [0.15, 0.2) is 24.3 Å². The van der Waals surface area contributed by atoms with Gasteiger partial charge in [-0.2, -0.15) is 13.2 Å². The van der Waals surface area contributed by atoms with Gasteiger partial charge in [-0.3, -0.25) is 9.59 Å². The molecule has 5 nitrogen and oxygen atoms in total. The molecule has 0 radical (unpaired) electrons. The van der Waals surface area contributed by atoms with E-state index < -0.39 is 30.2 Å². The van der Waals surface area contributed by atoms with E-state index in [-0.39, 0.29) is 6.54 Å². The molecule has 0 atom stereocenters. The van der Waals surface area contributed by atoms with Crippen LogP contribution in [0.4, 0.5) is 13.2 Å². The number of hydrogen-bond acceptors (Lipinski definition) is 4. The van der Waals surface area contributed by atoms with Crippen molar-refractivity contribution >= 4 is 23.2 Å². The van der Waals surface area contributed by atoms with Gasteiger partial charge >= 0.3 is 12.1 Å². The summed E-state index contributed by atoms with van der Waals surface area (Å²) < 4.78 is 37.9. The van der Waals surface area contributed by atoms with E-state index in [1.165, 1.54) is 23.5 Å². The fourth-order valence-corrected chi connectivity index (χ4v) is 3.30. The van der Waals surface area contributed by atoms with E-state index in [2.05, 4.69) is 4.98 Å². The highest BCUT2D eigenvalue weighted by atomic mass is 32.1. The van der Waals surface area contributed by atoms with Crippen molar-refractivity contribution in [2.24, 2.45) is 0 Å². The first-order chi connectivity index (χ1) is 12.1. The molecule has 0 aliphatic carbocycles. The number of carbonyl (C=O) groups excluding carboxylic acids is 1. The van der Waals surface area contributed by atoms with Gasteiger partial charge in [-0.05, 0) is 31.0 Å². The zero-order chi connectivity index (χ0) is 19.5. The van der Waals surface area contributed by atoms with Crippen molar-refractivity contribution in [3.63, 3.8) is 0 Å². The third-order valence-electron chi connectivity index (χ3n) is 3.61. The van der Waals surface area contributed by atoms with E-state index in [9.17, 15) is 22.8 Å². The number of aryl methyl sites for hydroxylation is 2. The molecule has 0 aliphatic rings. The summed E-state index contributed by atoms with van der Waals surface area (Å²) in [6, 6.07) is 4.29. The highest BCUT2D eigenvalue weighted by Gasteiger charge is 2.30. The Morgan fingerprint density at radius 3 is 2.31 bits per heavy atom. The number of halogens is 3. The Kier molecular flexibility index (Phi) is 6.01. The molecule has 1 aromatic carbocycles. The first-order valence-corrected chi connectivity index (χ1v) is 8.57. The van der Waals surface area contributed by atoms with Gasteiger partial charge in [0.25, 0.3) is 5.91 Å². The first-order valence-electron chi connectivity index (χ1n) is 7.75. The third kappa shape index (κ3) is 4.81. The van der Waals surface area contributed by atoms with E-state index in [0.29, 0.717) is 22.6 Å². The minimum Gasteiger partial charge on any atom is -0.480 e. The van der Waals surface area contributed by atoms with Gasteiger partial charge in [0.05, 0.1) is 16.3 Å². The van der Waals surface area contributed by atoms with Crippen molar-refractivity contribution in [3.8, 4) is 0 Å². The fourth-order valence-electron chi connectivity index (χ4n) is 2.33. The topological polar surface area (TPSA) is 70.5 Å². The second-order valence-corrected chi connectivity index (χ2v) is 6.71. The number of benzene rings is 1. The molecule has 0 bridgehead atoms. The number of hydrogen-bond donors (Lipinski definition) is 1. The molecule has 2 aromatic rings. The smallest absolute Gasteiger partial charge is 0.416 e. The van der Waals surface area contributed by atoms with Crippen molar-refractivity contribution < 1.29 is 27.9 Å². The lowest BCUT2D eigenvalue weighted by Crippen LogP contribution is -2.35. The molecule has 26 heavy (non-hydrogen) atoms. The van der Waals surface area contributed by atoms with Crippen LogP contribution >= 0.6 is 11.3 Å². The van der Waals surface area contributed by atoms with Gasteiger partial charge < -0.3 is 10.0 Å². The van der Waals surface area contributed by atoms with Crippen LogP contribution in [-0.4, -0.2) is 33.4 Å². The van der Waals surface area contributed by atoms with Gasteiger partial charge in [0, 0.05) is 6.54 Å². The molecule has 9 heteroatoms. The predicted molar refractivity (Wildman–Crippen MR) is 90.0 cm³/mol. The van der Waals surface area contributed by atoms with Gasteiger partial charge in [0.1, 0.15) is 11.4 Å². The van der Waals surface area contributed by atoms with Crippen molar-refractivity contribution in [2.45, 2.75) is 33.0 Å². The molecule has 0 spiro atoms. The summed E-state index contributed by atoms with van der Waals surface area (Å²) in [5, 5.41) is 9.83. The van der Waals surface area contributed by atoms with Crippen molar-refractivity contribution in [1.82, 2.24) is 9.88 Å². The van der Waals surface area contributed by atoms with Crippen LogP contribution in [0.5, 0.6) is 0 Å². The van der Waals surface area contributed by atoms with E-state index in [4.69, 9.17) is 5.11 Å². The zero-order valence-electron chi connectivity index (χ0n) is 14.1. The molecule has 2 rings (SSSR count). The number of nitrogens with zero attached hydrogens (tertiary/aromatic N) is 2. The lowest BCUT2D eigenvalue weighted by molar-refractivity contribution is -0.138. The summed E-state index contributed by atoms with van der Waals surface area (Å²) >= 11 is 1.20. The van der Waals surface area contributed by atoms with Crippen molar-refractivity contribution in [1.29, 1.82) is 0 Å². The number of carboxylic acids is 1. The minimum absolute atomic E-state index is 0.109. The summed E-state index contributed by atoms with van der Waals surface area (Å²) in [5.74, 6) is -1.70. The Bertz CT molecular complexity index is 801. The molecule has 0 aliphatic heterocycles. The van der Waals surface area contributed by atoms with Crippen LogP contribution in [0.1, 0.15) is 38.4 Å². The van der Waals surface area contributed by atoms with Crippen LogP contribution in [0.2, 0.25) is 0 Å². The zero-order valence-corrected chi connectivity index (χ0v) is 14.9. The normalized spacial score (nSPS) is 11.4. The maximum atomic E-state index is 12.7. The van der Waals surface area contributed by atoms with Crippen LogP contribution in [0, 0.1) is 6.92 Å². The Morgan fingerprint density at radius 1 is 1.23 bits per heavy atom. The molecule has 1 amide bonds. The SMILES string of the molecule is CCc1nc(C)c(C(=O)N(CC(=O)O)Cc2ccc(C(F)(F)F)cc2)s1. The first kappa shape index (κ1) is 19.9. The molecule has 1 heterocycles. The second-order valence-electron chi connectivity index (χ2n) is 5.63. The number of thiazole rings is 1. The quantitative estimate of drug-likeness (QED) is 0.821. The third-order valence-corrected chi connectivity index (χ3v) is 4.90. The van der Waals surface area contributed by atoms with E-state index >= 15 is 0 Å². The van der Waals surface area contributed by atoms with Crippen LogP contribution in [-0.2, 0) is 23.9 Å². The summed E-state index contributed by atoms with van der Waals surface area (Å²) in [4.78, 5) is 29.5. The number of aromatic nitrogens is 1. The Morgan fingerprint density at radius 2 is 1.85 bits per heavy atom. The second kappa shape index (κ2) is 7.86. The number of rotatable bonds is 6. The van der Waals surface area contributed by atoms with Gasteiger partial charge in [-0.15, -0.1) is 11.3 Å². The molecule has 1 aromatic heterocycles. The van der Waals surface area contributed by atoms with Crippen LogP contribution < -0.4 is 0 Å². The summed E-state index contributed by atoms with van der Waals surface area (Å²) in [5.41, 5.74) is 0.119. The standard InChI is InChI=1S/C17H17F3N2O3S/c1-3-13-21-10(2)15(26-13)16(25)22(9-14(23)24)8-11-4-6-12(7-5-11)17(18,19)20/h4-7H,3,8-9H2,1-2H3,(H,23,24). The number of aliphatic carboxylic acids is 1. The summed E-state index contributed by atoms with van der Waals surface area (Å²) in [6.45, 7) is 2.89. The fraction of sp³-hybridized carbons (Fsp3) is 0.353. The Balaban J connectivity index is 2.25. The lowest BCUT2D eigenvalue weighted by Gasteiger charge is -2.20. The van der Waals surface area contributed by atoms with Crippen LogP contribution in [0.25, 0.3) is 0 Å². The minimum atomic E-state index is -4.45. The molecular formula is C17H17F3N2O3S. The average Bonchev–Trinajstić information content (AvgIpc) is 2.94. The summed E-state index contributed by atoms with van der Waals surface area (Å²) in [7, 11) is 0. The Labute approximate surface area is 152 Å². The molecule has 0 saturated heterocycles.